The zero-order valence-corrected chi connectivity index (χ0v) is 10.2. The molecule has 2 aromatic rings. The molecular formula is C14H11F4NO. The molecule has 0 atom stereocenters. The summed E-state index contributed by atoms with van der Waals surface area (Å²) in [5.41, 5.74) is 4.52. The van der Waals surface area contributed by atoms with Crippen molar-refractivity contribution in [3.8, 4) is 5.75 Å². The molecule has 2 rings (SSSR count). The van der Waals surface area contributed by atoms with Crippen LogP contribution in [0.25, 0.3) is 0 Å². The van der Waals surface area contributed by atoms with E-state index in [1.165, 1.54) is 12.1 Å². The molecule has 0 radical (unpaired) electrons. The Hall–Kier alpha value is -2.24. The molecule has 0 aliphatic rings. The van der Waals surface area contributed by atoms with Gasteiger partial charge in [-0.3, -0.25) is 0 Å². The fourth-order valence-electron chi connectivity index (χ4n) is 1.68. The van der Waals surface area contributed by atoms with Crippen LogP contribution in [0.2, 0.25) is 0 Å². The highest BCUT2D eigenvalue weighted by molar-refractivity contribution is 5.43. The van der Waals surface area contributed by atoms with E-state index in [1.54, 1.807) is 18.2 Å². The van der Waals surface area contributed by atoms with Gasteiger partial charge in [0.05, 0.1) is 5.56 Å². The first kappa shape index (κ1) is 14.2. The van der Waals surface area contributed by atoms with Crippen molar-refractivity contribution in [3.63, 3.8) is 0 Å². The van der Waals surface area contributed by atoms with Gasteiger partial charge in [0, 0.05) is 17.3 Å². The van der Waals surface area contributed by atoms with Crippen LogP contribution in [-0.2, 0) is 12.8 Å². The number of nitrogen functional groups attached to an aromatic ring is 1. The second-order valence-electron chi connectivity index (χ2n) is 4.14. The molecule has 0 unspecified atom stereocenters. The zero-order valence-electron chi connectivity index (χ0n) is 10.2. The van der Waals surface area contributed by atoms with Gasteiger partial charge < -0.3 is 10.5 Å². The average Bonchev–Trinajstić information content (AvgIpc) is 2.36. The van der Waals surface area contributed by atoms with Gasteiger partial charge in [0.2, 0.25) is 0 Å². The van der Waals surface area contributed by atoms with E-state index in [-0.39, 0.29) is 12.2 Å². The Morgan fingerprint density at radius 1 is 1.05 bits per heavy atom. The molecule has 6 heteroatoms. The molecule has 20 heavy (non-hydrogen) atoms. The summed E-state index contributed by atoms with van der Waals surface area (Å²) in [6.07, 6.45) is -4.72. The van der Waals surface area contributed by atoms with Crippen LogP contribution in [0, 0.1) is 5.82 Å². The van der Waals surface area contributed by atoms with Crippen molar-refractivity contribution in [1.82, 2.24) is 0 Å². The van der Waals surface area contributed by atoms with Gasteiger partial charge in [-0.05, 0) is 18.2 Å². The molecule has 0 saturated heterocycles. The van der Waals surface area contributed by atoms with Crippen LogP contribution in [0.5, 0.6) is 5.75 Å². The highest BCUT2D eigenvalue weighted by atomic mass is 19.4. The van der Waals surface area contributed by atoms with Crippen molar-refractivity contribution in [3.05, 3.63) is 59.4 Å². The second-order valence-corrected chi connectivity index (χ2v) is 4.14. The van der Waals surface area contributed by atoms with Gasteiger partial charge in [0.15, 0.2) is 0 Å². The van der Waals surface area contributed by atoms with E-state index >= 15 is 0 Å². The summed E-state index contributed by atoms with van der Waals surface area (Å²) in [6, 6.07) is 9.44. The number of hydrogen-bond acceptors (Lipinski definition) is 2. The van der Waals surface area contributed by atoms with E-state index in [4.69, 9.17) is 10.5 Å². The van der Waals surface area contributed by atoms with Crippen LogP contribution >= 0.6 is 0 Å². The Labute approximate surface area is 112 Å². The third-order valence-corrected chi connectivity index (χ3v) is 2.64. The lowest BCUT2D eigenvalue weighted by Gasteiger charge is -2.12. The average molecular weight is 285 g/mol. The third-order valence-electron chi connectivity index (χ3n) is 2.64. The Kier molecular flexibility index (Phi) is 3.83. The third kappa shape index (κ3) is 3.20. The zero-order chi connectivity index (χ0) is 14.8. The second kappa shape index (κ2) is 5.40. The van der Waals surface area contributed by atoms with Gasteiger partial charge >= 0.3 is 6.18 Å². The minimum Gasteiger partial charge on any atom is -0.489 e. The summed E-state index contributed by atoms with van der Waals surface area (Å²) in [7, 11) is 0. The highest BCUT2D eigenvalue weighted by Gasteiger charge is 2.34. The first-order valence-corrected chi connectivity index (χ1v) is 5.71. The standard InChI is InChI=1S/C14H11F4NO/c15-13-9(3-1-6-12(13)14(16,17)18)8-20-11-5-2-4-10(19)7-11/h1-7H,8,19H2. The van der Waals surface area contributed by atoms with Crippen LogP contribution in [-0.4, -0.2) is 0 Å². The maximum Gasteiger partial charge on any atom is 0.419 e. The summed E-state index contributed by atoms with van der Waals surface area (Å²) < 4.78 is 56.6. The van der Waals surface area contributed by atoms with Gasteiger partial charge in [0.1, 0.15) is 18.2 Å². The lowest BCUT2D eigenvalue weighted by Crippen LogP contribution is -2.11. The quantitative estimate of drug-likeness (QED) is 0.683. The van der Waals surface area contributed by atoms with E-state index in [0.717, 1.165) is 6.07 Å². The SMILES string of the molecule is Nc1cccc(OCc2cccc(C(F)(F)F)c2F)c1. The molecule has 2 nitrogen and oxygen atoms in total. The van der Waals surface area contributed by atoms with Gasteiger partial charge in [-0.25, -0.2) is 4.39 Å². The van der Waals surface area contributed by atoms with Crippen molar-refractivity contribution < 1.29 is 22.3 Å². The number of halogens is 4. The molecule has 0 saturated carbocycles. The first-order valence-electron chi connectivity index (χ1n) is 5.71. The Morgan fingerprint density at radius 2 is 1.75 bits per heavy atom. The van der Waals surface area contributed by atoms with E-state index < -0.39 is 17.6 Å². The minimum absolute atomic E-state index is 0.165. The van der Waals surface area contributed by atoms with Crippen LogP contribution in [0.3, 0.4) is 0 Å². The molecule has 0 fully saturated rings. The van der Waals surface area contributed by atoms with E-state index in [2.05, 4.69) is 0 Å². The Morgan fingerprint density at radius 3 is 2.40 bits per heavy atom. The lowest BCUT2D eigenvalue weighted by molar-refractivity contribution is -0.140. The van der Waals surface area contributed by atoms with Gasteiger partial charge in [-0.2, -0.15) is 13.2 Å². The number of hydrogen-bond donors (Lipinski definition) is 1. The molecule has 2 aromatic carbocycles. The van der Waals surface area contributed by atoms with E-state index in [1.807, 2.05) is 0 Å². The molecule has 0 spiro atoms. The Balaban J connectivity index is 2.18. The highest BCUT2D eigenvalue weighted by Crippen LogP contribution is 2.32. The normalized spacial score (nSPS) is 11.4. The first-order chi connectivity index (χ1) is 9.38. The largest absolute Gasteiger partial charge is 0.489 e. The lowest BCUT2D eigenvalue weighted by atomic mass is 10.1. The van der Waals surface area contributed by atoms with Gasteiger partial charge in [-0.1, -0.05) is 18.2 Å². The number of ether oxygens (including phenoxy) is 1. The molecule has 0 heterocycles. The fourth-order valence-corrected chi connectivity index (χ4v) is 1.68. The molecule has 0 aliphatic carbocycles. The van der Waals surface area contributed by atoms with Crippen LogP contribution in [0.1, 0.15) is 11.1 Å². The summed E-state index contributed by atoms with van der Waals surface area (Å²) in [4.78, 5) is 0. The number of anilines is 1. The van der Waals surface area contributed by atoms with Crippen LogP contribution in [0.4, 0.5) is 23.2 Å². The maximum atomic E-state index is 13.7. The molecule has 0 aliphatic heterocycles. The number of benzene rings is 2. The smallest absolute Gasteiger partial charge is 0.419 e. The minimum atomic E-state index is -4.72. The number of rotatable bonds is 3. The van der Waals surface area contributed by atoms with Crippen molar-refractivity contribution in [2.24, 2.45) is 0 Å². The predicted octanol–water partition coefficient (Wildman–Crippen LogP) is 4.01. The topological polar surface area (TPSA) is 35.2 Å². The summed E-state index contributed by atoms with van der Waals surface area (Å²) in [6.45, 7) is -0.306. The monoisotopic (exact) mass is 285 g/mol. The van der Waals surface area contributed by atoms with Gasteiger partial charge in [0.25, 0.3) is 0 Å². The number of nitrogens with two attached hydrogens (primary N) is 1. The van der Waals surface area contributed by atoms with Crippen molar-refractivity contribution in [1.29, 1.82) is 0 Å². The summed E-state index contributed by atoms with van der Waals surface area (Å²) in [5, 5.41) is 0. The van der Waals surface area contributed by atoms with Crippen molar-refractivity contribution >= 4 is 5.69 Å². The van der Waals surface area contributed by atoms with E-state index in [9.17, 15) is 17.6 Å². The van der Waals surface area contributed by atoms with Crippen molar-refractivity contribution in [2.45, 2.75) is 12.8 Å². The molecular weight excluding hydrogens is 274 g/mol. The molecule has 0 bridgehead atoms. The number of alkyl halides is 3. The van der Waals surface area contributed by atoms with Gasteiger partial charge in [-0.15, -0.1) is 0 Å². The van der Waals surface area contributed by atoms with Crippen molar-refractivity contribution in [2.75, 3.05) is 5.73 Å². The molecule has 0 amide bonds. The molecule has 106 valence electrons. The summed E-state index contributed by atoms with van der Waals surface area (Å²) in [5.74, 6) is -0.953. The molecule has 0 aromatic heterocycles. The summed E-state index contributed by atoms with van der Waals surface area (Å²) >= 11 is 0. The fraction of sp³-hybridized carbons (Fsp3) is 0.143. The predicted molar refractivity (Wildman–Crippen MR) is 66.6 cm³/mol. The van der Waals surface area contributed by atoms with Crippen LogP contribution in [0.15, 0.2) is 42.5 Å². The van der Waals surface area contributed by atoms with E-state index in [0.29, 0.717) is 17.5 Å². The maximum absolute atomic E-state index is 13.7. The van der Waals surface area contributed by atoms with Crippen LogP contribution < -0.4 is 10.5 Å². The molecule has 2 N–H and O–H groups in total. The Bertz CT molecular complexity index is 610.